The molecule has 20 heavy (non-hydrogen) atoms. The zero-order valence-electron chi connectivity index (χ0n) is 10.9. The van der Waals surface area contributed by atoms with Crippen LogP contribution in [-0.2, 0) is 13.6 Å². The van der Waals surface area contributed by atoms with E-state index in [2.05, 4.69) is 10.6 Å². The summed E-state index contributed by atoms with van der Waals surface area (Å²) in [5, 5.41) is 5.95. The Kier molecular flexibility index (Phi) is 5.99. The van der Waals surface area contributed by atoms with Gasteiger partial charge in [-0.15, -0.1) is 0 Å². The Morgan fingerprint density at radius 1 is 0.750 bits per heavy atom. The lowest BCUT2D eigenvalue weighted by Gasteiger charge is -2.01. The van der Waals surface area contributed by atoms with Crippen LogP contribution in [0.1, 0.15) is 0 Å². The van der Waals surface area contributed by atoms with Gasteiger partial charge in [0.2, 0.25) is 0 Å². The van der Waals surface area contributed by atoms with E-state index >= 15 is 0 Å². The first kappa shape index (κ1) is 14.5. The van der Waals surface area contributed by atoms with Crippen LogP contribution in [0.3, 0.4) is 0 Å². The van der Waals surface area contributed by atoms with Crippen molar-refractivity contribution in [2.24, 2.45) is 0 Å². The third-order valence-corrected chi connectivity index (χ3v) is 3.12. The van der Waals surface area contributed by atoms with Crippen molar-refractivity contribution in [1.29, 1.82) is 0 Å². The zero-order valence-corrected chi connectivity index (χ0v) is 11.8. The molecule has 2 N–H and O–H groups in total. The van der Waals surface area contributed by atoms with Crippen LogP contribution >= 0.6 is 8.25 Å². The monoisotopic (exact) mass is 291 g/mol. The number of anilines is 2. The van der Waals surface area contributed by atoms with Crippen molar-refractivity contribution in [3.8, 4) is 0 Å². The maximum atomic E-state index is 11.4. The Hall–Kier alpha value is -1.94. The first-order valence-corrected chi connectivity index (χ1v) is 7.25. The summed E-state index contributed by atoms with van der Waals surface area (Å²) >= 11 is 0. The Morgan fingerprint density at radius 3 is 1.55 bits per heavy atom. The third kappa shape index (κ3) is 5.36. The zero-order chi connectivity index (χ0) is 14.0. The molecule has 5 nitrogen and oxygen atoms in total. The Balaban J connectivity index is 1.59. The van der Waals surface area contributed by atoms with Crippen molar-refractivity contribution in [2.45, 2.75) is 0 Å². The minimum absolute atomic E-state index is 0.130. The third-order valence-electron chi connectivity index (χ3n) is 2.44. The van der Waals surface area contributed by atoms with Crippen molar-refractivity contribution < 1.29 is 13.6 Å². The fourth-order valence-electron chi connectivity index (χ4n) is 1.49. The van der Waals surface area contributed by atoms with Gasteiger partial charge >= 0.3 is 8.25 Å². The molecule has 6 heteroatoms. The number of para-hydroxylation sites is 2. The summed E-state index contributed by atoms with van der Waals surface area (Å²) in [6.07, 6.45) is 0. The standard InChI is InChI=1S/C14H16N2O3P/c17-20(18-11-15-13-7-3-1-4-8-13)19-12-16-14-9-5-2-6-10-14/h1-10,15-16H,11-12H2/q+1. The summed E-state index contributed by atoms with van der Waals surface area (Å²) in [6, 6.07) is 19.1. The number of hydrogen-bond donors (Lipinski definition) is 2. The molecule has 0 spiro atoms. The molecular formula is C14H16N2O3P+. The molecule has 0 fully saturated rings. The van der Waals surface area contributed by atoms with E-state index in [-0.39, 0.29) is 13.5 Å². The van der Waals surface area contributed by atoms with Gasteiger partial charge in [-0.2, -0.15) is 0 Å². The molecule has 0 aliphatic heterocycles. The first-order valence-electron chi connectivity index (χ1n) is 6.15. The quantitative estimate of drug-likeness (QED) is 0.572. The molecule has 0 saturated heterocycles. The topological polar surface area (TPSA) is 59.6 Å². The average Bonchev–Trinajstić information content (AvgIpc) is 2.49. The Morgan fingerprint density at radius 2 is 1.15 bits per heavy atom. The van der Waals surface area contributed by atoms with Gasteiger partial charge in [0.25, 0.3) is 0 Å². The fourth-order valence-corrected chi connectivity index (χ4v) is 1.90. The van der Waals surface area contributed by atoms with Crippen LogP contribution in [-0.4, -0.2) is 13.5 Å². The van der Waals surface area contributed by atoms with E-state index < -0.39 is 8.25 Å². The van der Waals surface area contributed by atoms with Crippen LogP contribution in [0, 0.1) is 0 Å². The van der Waals surface area contributed by atoms with Gasteiger partial charge in [0, 0.05) is 15.9 Å². The van der Waals surface area contributed by atoms with Crippen LogP contribution < -0.4 is 10.6 Å². The van der Waals surface area contributed by atoms with Crippen LogP contribution in [0.5, 0.6) is 0 Å². The van der Waals surface area contributed by atoms with Crippen molar-refractivity contribution in [2.75, 3.05) is 24.1 Å². The molecule has 0 aromatic heterocycles. The van der Waals surface area contributed by atoms with E-state index in [4.69, 9.17) is 9.05 Å². The minimum Gasteiger partial charge on any atom is -0.359 e. The van der Waals surface area contributed by atoms with E-state index in [1.807, 2.05) is 60.7 Å². The summed E-state index contributed by atoms with van der Waals surface area (Å²) in [5.74, 6) is 0. The van der Waals surface area contributed by atoms with Gasteiger partial charge in [0.15, 0.2) is 13.5 Å². The van der Waals surface area contributed by atoms with Crippen molar-refractivity contribution in [3.63, 3.8) is 0 Å². The van der Waals surface area contributed by atoms with Gasteiger partial charge in [0.05, 0.1) is 0 Å². The molecule has 0 aliphatic carbocycles. The molecule has 2 aromatic rings. The van der Waals surface area contributed by atoms with E-state index in [0.29, 0.717) is 0 Å². The van der Waals surface area contributed by atoms with Crippen molar-refractivity contribution >= 4 is 19.6 Å². The SMILES string of the molecule is O=[P+](OCNc1ccccc1)OCNc1ccccc1. The second-order valence-corrected chi connectivity index (χ2v) is 4.82. The summed E-state index contributed by atoms with van der Waals surface area (Å²) < 4.78 is 21.5. The molecule has 0 saturated carbocycles. The largest absolute Gasteiger partial charge is 0.701 e. The first-order chi connectivity index (χ1) is 9.84. The molecule has 2 rings (SSSR count). The highest BCUT2D eigenvalue weighted by Gasteiger charge is 2.19. The molecule has 0 aliphatic rings. The second-order valence-electron chi connectivity index (χ2n) is 3.86. The highest BCUT2D eigenvalue weighted by molar-refractivity contribution is 7.33. The summed E-state index contributed by atoms with van der Waals surface area (Å²) in [5.41, 5.74) is 1.80. The maximum Gasteiger partial charge on any atom is 0.701 e. The van der Waals surface area contributed by atoms with E-state index in [1.54, 1.807) is 0 Å². The van der Waals surface area contributed by atoms with Gasteiger partial charge in [-0.05, 0) is 24.3 Å². The lowest BCUT2D eigenvalue weighted by molar-refractivity contribution is 0.248. The number of rotatable bonds is 8. The predicted octanol–water partition coefficient (Wildman–Crippen LogP) is 3.82. The summed E-state index contributed by atoms with van der Waals surface area (Å²) in [6.45, 7) is 0.259. The van der Waals surface area contributed by atoms with Crippen LogP contribution in [0.25, 0.3) is 0 Å². The smallest absolute Gasteiger partial charge is 0.359 e. The second kappa shape index (κ2) is 8.27. The summed E-state index contributed by atoms with van der Waals surface area (Å²) in [4.78, 5) is 0. The van der Waals surface area contributed by atoms with Gasteiger partial charge < -0.3 is 10.6 Å². The molecule has 0 heterocycles. The normalized spacial score (nSPS) is 10.0. The number of hydrogen-bond acceptors (Lipinski definition) is 5. The highest BCUT2D eigenvalue weighted by Crippen LogP contribution is 2.23. The van der Waals surface area contributed by atoms with Crippen molar-refractivity contribution in [3.05, 3.63) is 60.7 Å². The van der Waals surface area contributed by atoms with Gasteiger partial charge in [0.1, 0.15) is 0 Å². The summed E-state index contributed by atoms with van der Waals surface area (Å²) in [7, 11) is -2.15. The van der Waals surface area contributed by atoms with E-state index in [1.165, 1.54) is 0 Å². The molecule has 2 aromatic carbocycles. The van der Waals surface area contributed by atoms with E-state index in [9.17, 15) is 4.57 Å². The van der Waals surface area contributed by atoms with Gasteiger partial charge in [-0.1, -0.05) is 45.4 Å². The fraction of sp³-hybridized carbons (Fsp3) is 0.143. The van der Waals surface area contributed by atoms with E-state index in [0.717, 1.165) is 11.4 Å². The minimum atomic E-state index is -2.15. The van der Waals surface area contributed by atoms with Crippen molar-refractivity contribution in [1.82, 2.24) is 0 Å². The Labute approximate surface area is 118 Å². The number of benzene rings is 2. The maximum absolute atomic E-state index is 11.4. The van der Waals surface area contributed by atoms with Crippen LogP contribution in [0.2, 0.25) is 0 Å². The van der Waals surface area contributed by atoms with Crippen LogP contribution in [0.4, 0.5) is 11.4 Å². The number of nitrogens with one attached hydrogen (secondary N) is 2. The highest BCUT2D eigenvalue weighted by atomic mass is 31.1. The lowest BCUT2D eigenvalue weighted by Crippen LogP contribution is -2.05. The Bertz CT molecular complexity index is 475. The molecule has 0 radical (unpaired) electrons. The molecule has 0 bridgehead atoms. The molecule has 104 valence electrons. The molecule has 0 amide bonds. The molecule has 0 unspecified atom stereocenters. The average molecular weight is 291 g/mol. The van der Waals surface area contributed by atoms with Crippen LogP contribution in [0.15, 0.2) is 60.7 Å². The van der Waals surface area contributed by atoms with Gasteiger partial charge in [-0.25, -0.2) is 0 Å². The predicted molar refractivity (Wildman–Crippen MR) is 79.6 cm³/mol. The lowest BCUT2D eigenvalue weighted by atomic mass is 10.3. The van der Waals surface area contributed by atoms with Gasteiger partial charge in [-0.3, -0.25) is 0 Å². The molecule has 0 atom stereocenters. The molecular weight excluding hydrogens is 275 g/mol.